The first-order valence-corrected chi connectivity index (χ1v) is 11.6. The summed E-state index contributed by atoms with van der Waals surface area (Å²) >= 11 is 0. The minimum absolute atomic E-state index is 0.0429. The van der Waals surface area contributed by atoms with Crippen molar-refractivity contribution in [2.24, 2.45) is 33.7 Å². The molecule has 6 atom stereocenters. The normalized spacial score (nSPS) is 46.3. The Morgan fingerprint density at radius 1 is 1.30 bits per heavy atom. The van der Waals surface area contributed by atoms with Crippen LogP contribution in [0.5, 0.6) is 0 Å². The zero-order valence-electron chi connectivity index (χ0n) is 19.0. The Morgan fingerprint density at radius 3 is 2.70 bits per heavy atom. The maximum Gasteiger partial charge on any atom is 0.247 e. The average molecular weight is 414 g/mol. The zero-order chi connectivity index (χ0) is 21.5. The summed E-state index contributed by atoms with van der Waals surface area (Å²) in [6, 6.07) is 0. The molecule has 3 heterocycles. The number of likely N-dealkylation sites (tertiary alicyclic amines) is 1. The fourth-order valence-electron chi connectivity index (χ4n) is 7.08. The van der Waals surface area contributed by atoms with E-state index >= 15 is 0 Å². The van der Waals surface area contributed by atoms with E-state index in [0.717, 1.165) is 37.9 Å². The molecule has 4 bridgehead atoms. The Labute approximate surface area is 179 Å². The van der Waals surface area contributed by atoms with Crippen LogP contribution in [0, 0.1) is 28.6 Å². The van der Waals surface area contributed by atoms with Gasteiger partial charge in [-0.3, -0.25) is 9.59 Å². The van der Waals surface area contributed by atoms with Gasteiger partial charge in [-0.25, -0.2) is 5.43 Å². The van der Waals surface area contributed by atoms with Crippen LogP contribution in [0.2, 0.25) is 0 Å². The van der Waals surface area contributed by atoms with Crippen molar-refractivity contribution in [1.82, 2.24) is 10.3 Å². The molecule has 1 N–H and O–H groups in total. The van der Waals surface area contributed by atoms with E-state index < -0.39 is 23.0 Å². The summed E-state index contributed by atoms with van der Waals surface area (Å²) in [4.78, 5) is 28.5. The number of hydrogen-bond donors (Lipinski definition) is 1. The van der Waals surface area contributed by atoms with Crippen LogP contribution in [0.1, 0.15) is 66.7 Å². The second-order valence-electron chi connectivity index (χ2n) is 11.2. The molecule has 5 aliphatic rings. The number of carbonyl (C=O) groups excluding carboxylic acids is 2. The van der Waals surface area contributed by atoms with Crippen molar-refractivity contribution in [2.45, 2.75) is 77.9 Å². The van der Waals surface area contributed by atoms with Crippen LogP contribution in [0.3, 0.4) is 0 Å². The highest BCUT2D eigenvalue weighted by atomic mass is 16.5. The van der Waals surface area contributed by atoms with Crippen molar-refractivity contribution in [3.8, 4) is 0 Å². The first-order chi connectivity index (χ1) is 14.1. The van der Waals surface area contributed by atoms with E-state index in [1.807, 2.05) is 24.0 Å². The third-order valence-electron chi connectivity index (χ3n) is 9.48. The van der Waals surface area contributed by atoms with E-state index in [1.165, 1.54) is 6.42 Å². The van der Waals surface area contributed by atoms with Gasteiger partial charge in [0.2, 0.25) is 11.8 Å². The molecule has 6 nitrogen and oxygen atoms in total. The Kier molecular flexibility index (Phi) is 4.17. The van der Waals surface area contributed by atoms with E-state index in [0.29, 0.717) is 12.5 Å². The van der Waals surface area contributed by atoms with Gasteiger partial charge in [0, 0.05) is 17.7 Å². The number of hydrogen-bond acceptors (Lipinski definition) is 4. The number of nitrogens with zero attached hydrogens (tertiary/aromatic N) is 2. The number of carbonyl (C=O) groups is 2. The van der Waals surface area contributed by atoms with Gasteiger partial charge in [-0.1, -0.05) is 46.3 Å². The molecule has 4 unspecified atom stereocenters. The van der Waals surface area contributed by atoms with Crippen molar-refractivity contribution in [3.05, 3.63) is 12.2 Å². The van der Waals surface area contributed by atoms with E-state index in [9.17, 15) is 9.59 Å². The van der Waals surface area contributed by atoms with Gasteiger partial charge in [-0.15, -0.1) is 0 Å². The fourth-order valence-corrected chi connectivity index (χ4v) is 7.08. The lowest BCUT2D eigenvalue weighted by Crippen LogP contribution is -2.47. The van der Waals surface area contributed by atoms with Gasteiger partial charge in [-0.05, 0) is 43.9 Å². The molecular weight excluding hydrogens is 378 g/mol. The molecular formula is C24H35N3O3. The minimum Gasteiger partial charge on any atom is -0.357 e. The van der Waals surface area contributed by atoms with Gasteiger partial charge in [0.05, 0.1) is 24.0 Å². The van der Waals surface area contributed by atoms with Gasteiger partial charge in [0.1, 0.15) is 5.60 Å². The SMILES string of the molecule is CCCCN1CC23C=CC(C)(O2)C(C(=O)N/N=C2\C[C@H]4CC[C@]2(C)C4(C)C)C3C1=O. The summed E-state index contributed by atoms with van der Waals surface area (Å²) in [6.45, 7) is 12.3. The lowest BCUT2D eigenvalue weighted by molar-refractivity contribution is -0.139. The van der Waals surface area contributed by atoms with Crippen LogP contribution in [0.25, 0.3) is 0 Å². The van der Waals surface area contributed by atoms with Crippen molar-refractivity contribution in [3.63, 3.8) is 0 Å². The summed E-state index contributed by atoms with van der Waals surface area (Å²) in [6.07, 6.45) is 9.34. The second kappa shape index (κ2) is 6.18. The molecule has 0 aromatic heterocycles. The van der Waals surface area contributed by atoms with Crippen molar-refractivity contribution in [2.75, 3.05) is 13.1 Å². The highest BCUT2D eigenvalue weighted by Gasteiger charge is 2.71. The summed E-state index contributed by atoms with van der Waals surface area (Å²) in [7, 11) is 0. The summed E-state index contributed by atoms with van der Waals surface area (Å²) in [5.74, 6) is -0.480. The predicted octanol–water partition coefficient (Wildman–Crippen LogP) is 3.28. The van der Waals surface area contributed by atoms with Gasteiger partial charge in [0.25, 0.3) is 0 Å². The third kappa shape index (κ3) is 2.37. The largest absolute Gasteiger partial charge is 0.357 e. The summed E-state index contributed by atoms with van der Waals surface area (Å²) in [5.41, 5.74) is 2.85. The van der Waals surface area contributed by atoms with Crippen molar-refractivity contribution in [1.29, 1.82) is 0 Å². The second-order valence-corrected chi connectivity index (χ2v) is 11.2. The van der Waals surface area contributed by atoms with Crippen LogP contribution in [-0.4, -0.2) is 46.7 Å². The Hall–Kier alpha value is -1.69. The molecule has 2 saturated carbocycles. The Bertz CT molecular complexity index is 864. The van der Waals surface area contributed by atoms with Crippen LogP contribution in [0.4, 0.5) is 0 Å². The Balaban J connectivity index is 1.38. The average Bonchev–Trinajstić information content (AvgIpc) is 3.37. The number of fused-ring (bicyclic) bond motifs is 3. The highest BCUT2D eigenvalue weighted by molar-refractivity contribution is 5.97. The van der Waals surface area contributed by atoms with Crippen molar-refractivity contribution >= 4 is 17.5 Å². The first kappa shape index (κ1) is 20.2. The molecule has 6 heteroatoms. The predicted molar refractivity (Wildman–Crippen MR) is 115 cm³/mol. The molecule has 2 amide bonds. The van der Waals surface area contributed by atoms with E-state index in [4.69, 9.17) is 4.74 Å². The van der Waals surface area contributed by atoms with Crippen molar-refractivity contribution < 1.29 is 14.3 Å². The molecule has 1 spiro atoms. The molecule has 0 aromatic carbocycles. The smallest absolute Gasteiger partial charge is 0.247 e. The monoisotopic (exact) mass is 413 g/mol. The highest BCUT2D eigenvalue weighted by Crippen LogP contribution is 2.64. The molecule has 2 saturated heterocycles. The first-order valence-electron chi connectivity index (χ1n) is 11.6. The molecule has 0 aromatic rings. The number of hydrazone groups is 1. The maximum absolute atomic E-state index is 13.4. The molecule has 0 radical (unpaired) electrons. The quantitative estimate of drug-likeness (QED) is 0.555. The van der Waals surface area contributed by atoms with Gasteiger partial charge >= 0.3 is 0 Å². The molecule has 3 aliphatic heterocycles. The van der Waals surface area contributed by atoms with Gasteiger partial charge in [0.15, 0.2) is 0 Å². The molecule has 164 valence electrons. The van der Waals surface area contributed by atoms with E-state index in [2.05, 4.69) is 38.2 Å². The van der Waals surface area contributed by atoms with E-state index in [1.54, 1.807) is 0 Å². The van der Waals surface area contributed by atoms with Crippen LogP contribution < -0.4 is 5.43 Å². The molecule has 30 heavy (non-hydrogen) atoms. The molecule has 2 aliphatic carbocycles. The fraction of sp³-hybridized carbons (Fsp3) is 0.792. The Morgan fingerprint density at radius 2 is 2.07 bits per heavy atom. The lowest BCUT2D eigenvalue weighted by Gasteiger charge is -2.34. The molecule has 5 rings (SSSR count). The number of unbranched alkanes of at least 4 members (excludes halogenated alkanes) is 1. The topological polar surface area (TPSA) is 71.0 Å². The van der Waals surface area contributed by atoms with Gasteiger partial charge < -0.3 is 9.64 Å². The lowest BCUT2D eigenvalue weighted by atomic mass is 9.70. The van der Waals surface area contributed by atoms with Gasteiger partial charge in [-0.2, -0.15) is 5.10 Å². The van der Waals surface area contributed by atoms with E-state index in [-0.39, 0.29) is 22.6 Å². The number of rotatable bonds is 5. The van der Waals surface area contributed by atoms with Crippen LogP contribution in [-0.2, 0) is 14.3 Å². The number of ether oxygens (including phenoxy) is 1. The summed E-state index contributed by atoms with van der Waals surface area (Å²) < 4.78 is 6.38. The zero-order valence-corrected chi connectivity index (χ0v) is 19.0. The maximum atomic E-state index is 13.4. The molecule has 4 fully saturated rings. The van der Waals surface area contributed by atoms with Crippen LogP contribution in [0.15, 0.2) is 17.3 Å². The number of amides is 2. The summed E-state index contributed by atoms with van der Waals surface area (Å²) in [5, 5.41) is 4.65. The van der Waals surface area contributed by atoms with Crippen LogP contribution >= 0.6 is 0 Å². The standard InChI is InChI=1S/C24H35N3O3/c1-6-7-12-27-14-24-11-10-23(5,30-24)17(18(24)20(27)29)19(28)26-25-16-13-15-8-9-22(16,4)21(15,2)3/h10-11,15,17-18H,6-9,12-14H2,1-5H3,(H,26,28)/b25-16+/t15-,17?,18?,22+,23?,24?/m1/s1. The number of nitrogens with one attached hydrogen (secondary N) is 1. The third-order valence-corrected chi connectivity index (χ3v) is 9.48. The minimum atomic E-state index is -0.737.